The van der Waals surface area contributed by atoms with Crippen LogP contribution >= 0.6 is 0 Å². The normalized spacial score (nSPS) is 24.4. The minimum absolute atomic E-state index is 0.214. The van der Waals surface area contributed by atoms with E-state index in [1.165, 1.54) is 0 Å². The van der Waals surface area contributed by atoms with Gasteiger partial charge in [0.25, 0.3) is 0 Å². The first-order chi connectivity index (χ1) is 9.04. The van der Waals surface area contributed by atoms with Gasteiger partial charge in [-0.1, -0.05) is 20.8 Å². The lowest BCUT2D eigenvalue weighted by Crippen LogP contribution is -2.33. The Morgan fingerprint density at radius 2 is 1.75 bits per heavy atom. The summed E-state index contributed by atoms with van der Waals surface area (Å²) >= 11 is 0. The molecule has 1 aliphatic heterocycles. The number of cyclic esters (lactones) is 2. The number of carboxylic acids is 2. The van der Waals surface area contributed by atoms with Crippen LogP contribution < -0.4 is 0 Å². The zero-order chi connectivity index (χ0) is 15.7. The summed E-state index contributed by atoms with van der Waals surface area (Å²) in [5, 5.41) is 17.7. The summed E-state index contributed by atoms with van der Waals surface area (Å²) in [7, 11) is 0. The van der Waals surface area contributed by atoms with E-state index in [1.807, 2.05) is 0 Å². The van der Waals surface area contributed by atoms with Gasteiger partial charge in [-0.25, -0.2) is 0 Å². The summed E-state index contributed by atoms with van der Waals surface area (Å²) < 4.78 is 4.58. The summed E-state index contributed by atoms with van der Waals surface area (Å²) in [6.07, 6.45) is -0.807. The summed E-state index contributed by atoms with van der Waals surface area (Å²) in [5.74, 6) is -6.90. The summed E-state index contributed by atoms with van der Waals surface area (Å²) in [6.45, 7) is 5.24. The molecule has 0 aromatic carbocycles. The fraction of sp³-hybridized carbons (Fsp3) is 0.692. The van der Waals surface area contributed by atoms with E-state index < -0.39 is 53.5 Å². The smallest absolute Gasteiger partial charge is 0.318 e. The number of ether oxygens (including phenoxy) is 1. The molecule has 112 valence electrons. The number of carbonyl (C=O) groups is 4. The lowest BCUT2D eigenvalue weighted by atomic mass is 9.71. The van der Waals surface area contributed by atoms with Crippen molar-refractivity contribution in [1.82, 2.24) is 0 Å². The van der Waals surface area contributed by atoms with Gasteiger partial charge in [0.2, 0.25) is 0 Å². The quantitative estimate of drug-likeness (QED) is 0.569. The molecule has 3 atom stereocenters. The SMILES string of the molecule is CC(C)(C)C1C(=O)OC(=O)C1CC(CC(=O)O)C(=O)O. The molecule has 7 heteroatoms. The van der Waals surface area contributed by atoms with Crippen molar-refractivity contribution in [3.63, 3.8) is 0 Å². The molecule has 3 unspecified atom stereocenters. The maximum absolute atomic E-state index is 11.7. The Balaban J connectivity index is 2.96. The van der Waals surface area contributed by atoms with E-state index in [0.29, 0.717) is 0 Å². The highest BCUT2D eigenvalue weighted by molar-refractivity contribution is 5.97. The highest BCUT2D eigenvalue weighted by Crippen LogP contribution is 2.41. The van der Waals surface area contributed by atoms with Gasteiger partial charge in [-0.05, 0) is 11.8 Å². The first kappa shape index (κ1) is 16.1. The van der Waals surface area contributed by atoms with Gasteiger partial charge in [0.05, 0.1) is 24.2 Å². The van der Waals surface area contributed by atoms with E-state index in [1.54, 1.807) is 20.8 Å². The van der Waals surface area contributed by atoms with Crippen LogP contribution in [-0.4, -0.2) is 34.1 Å². The molecule has 2 N–H and O–H groups in total. The Morgan fingerprint density at radius 1 is 1.20 bits per heavy atom. The molecular weight excluding hydrogens is 268 g/mol. The van der Waals surface area contributed by atoms with E-state index in [-0.39, 0.29) is 6.42 Å². The van der Waals surface area contributed by atoms with Crippen molar-refractivity contribution in [2.75, 3.05) is 0 Å². The van der Waals surface area contributed by atoms with E-state index >= 15 is 0 Å². The van der Waals surface area contributed by atoms with Gasteiger partial charge in [0.1, 0.15) is 0 Å². The topological polar surface area (TPSA) is 118 Å². The van der Waals surface area contributed by atoms with Crippen molar-refractivity contribution in [1.29, 1.82) is 0 Å². The Kier molecular flexibility index (Phi) is 4.52. The van der Waals surface area contributed by atoms with Crippen LogP contribution in [0.25, 0.3) is 0 Å². The number of aliphatic carboxylic acids is 2. The number of carboxylic acid groups (broad SMARTS) is 2. The van der Waals surface area contributed by atoms with Crippen LogP contribution in [0.15, 0.2) is 0 Å². The molecule has 20 heavy (non-hydrogen) atoms. The molecule has 1 aliphatic rings. The van der Waals surface area contributed by atoms with Crippen LogP contribution in [0.2, 0.25) is 0 Å². The van der Waals surface area contributed by atoms with Crippen LogP contribution in [0, 0.1) is 23.2 Å². The first-order valence-corrected chi connectivity index (χ1v) is 6.24. The maximum Gasteiger partial charge on any atom is 0.318 e. The predicted octanol–water partition coefficient (Wildman–Crippen LogP) is 0.914. The number of hydrogen-bond donors (Lipinski definition) is 2. The molecule has 0 radical (unpaired) electrons. The average Bonchev–Trinajstić information content (AvgIpc) is 2.51. The van der Waals surface area contributed by atoms with Crippen molar-refractivity contribution in [3.05, 3.63) is 0 Å². The number of carbonyl (C=O) groups excluding carboxylic acids is 2. The van der Waals surface area contributed by atoms with Crippen molar-refractivity contribution in [3.8, 4) is 0 Å². The molecular formula is C13H18O7. The van der Waals surface area contributed by atoms with Crippen molar-refractivity contribution in [2.45, 2.75) is 33.6 Å². The lowest BCUT2D eigenvalue weighted by molar-refractivity contribution is -0.154. The van der Waals surface area contributed by atoms with E-state index in [2.05, 4.69) is 4.74 Å². The van der Waals surface area contributed by atoms with Gasteiger partial charge in [-0.15, -0.1) is 0 Å². The molecule has 0 aliphatic carbocycles. The van der Waals surface area contributed by atoms with Crippen LogP contribution in [0.1, 0.15) is 33.6 Å². The Hall–Kier alpha value is -1.92. The van der Waals surface area contributed by atoms with Crippen LogP contribution in [-0.2, 0) is 23.9 Å². The van der Waals surface area contributed by atoms with E-state index in [9.17, 15) is 19.2 Å². The zero-order valence-corrected chi connectivity index (χ0v) is 11.6. The predicted molar refractivity (Wildman–Crippen MR) is 65.5 cm³/mol. The second-order valence-electron chi connectivity index (χ2n) is 6.06. The third-order valence-electron chi connectivity index (χ3n) is 3.40. The summed E-state index contributed by atoms with van der Waals surface area (Å²) in [4.78, 5) is 45.1. The molecule has 1 heterocycles. The van der Waals surface area contributed by atoms with Gasteiger partial charge < -0.3 is 14.9 Å². The monoisotopic (exact) mass is 286 g/mol. The fourth-order valence-corrected chi connectivity index (χ4v) is 2.52. The number of rotatable bonds is 5. The highest BCUT2D eigenvalue weighted by atomic mass is 16.6. The Bertz CT molecular complexity index is 446. The van der Waals surface area contributed by atoms with Crippen molar-refractivity contribution >= 4 is 23.9 Å². The van der Waals surface area contributed by atoms with Gasteiger partial charge >= 0.3 is 23.9 Å². The molecule has 0 saturated carbocycles. The van der Waals surface area contributed by atoms with Gasteiger partial charge in [0.15, 0.2) is 0 Å². The fourth-order valence-electron chi connectivity index (χ4n) is 2.52. The minimum Gasteiger partial charge on any atom is -0.481 e. The Labute approximate surface area is 115 Å². The van der Waals surface area contributed by atoms with Gasteiger partial charge in [-0.3, -0.25) is 19.2 Å². The van der Waals surface area contributed by atoms with Crippen LogP contribution in [0.4, 0.5) is 0 Å². The van der Waals surface area contributed by atoms with Gasteiger partial charge in [0, 0.05) is 0 Å². The lowest BCUT2D eigenvalue weighted by Gasteiger charge is -2.28. The standard InChI is InChI=1S/C13H18O7/c1-13(2,3)9-7(11(18)20-12(9)19)4-6(10(16)17)5-8(14)15/h6-7,9H,4-5H2,1-3H3,(H,14,15)(H,16,17). The third kappa shape index (κ3) is 3.55. The van der Waals surface area contributed by atoms with E-state index in [0.717, 1.165) is 0 Å². The number of hydrogen-bond acceptors (Lipinski definition) is 5. The second kappa shape index (κ2) is 5.60. The van der Waals surface area contributed by atoms with Crippen LogP contribution in [0.5, 0.6) is 0 Å². The first-order valence-electron chi connectivity index (χ1n) is 6.24. The average molecular weight is 286 g/mol. The maximum atomic E-state index is 11.7. The highest BCUT2D eigenvalue weighted by Gasteiger charge is 2.51. The summed E-state index contributed by atoms with van der Waals surface area (Å²) in [6, 6.07) is 0. The molecule has 0 spiro atoms. The minimum atomic E-state index is -1.30. The van der Waals surface area contributed by atoms with Crippen molar-refractivity contribution in [2.24, 2.45) is 23.2 Å². The molecule has 0 bridgehead atoms. The summed E-state index contributed by atoms with van der Waals surface area (Å²) in [5.41, 5.74) is -0.569. The van der Waals surface area contributed by atoms with E-state index in [4.69, 9.17) is 10.2 Å². The largest absolute Gasteiger partial charge is 0.481 e. The zero-order valence-electron chi connectivity index (χ0n) is 11.6. The number of esters is 2. The third-order valence-corrected chi connectivity index (χ3v) is 3.40. The molecule has 1 saturated heterocycles. The van der Waals surface area contributed by atoms with Crippen molar-refractivity contribution < 1.29 is 34.1 Å². The molecule has 7 nitrogen and oxygen atoms in total. The second-order valence-corrected chi connectivity index (χ2v) is 6.06. The Morgan fingerprint density at radius 3 is 2.15 bits per heavy atom. The molecule has 1 fully saturated rings. The van der Waals surface area contributed by atoms with Gasteiger partial charge in [-0.2, -0.15) is 0 Å². The molecule has 0 aromatic heterocycles. The molecule has 0 aromatic rings. The van der Waals surface area contributed by atoms with Crippen LogP contribution in [0.3, 0.4) is 0 Å². The molecule has 1 rings (SSSR count). The molecule has 0 amide bonds.